The summed E-state index contributed by atoms with van der Waals surface area (Å²) in [7, 11) is 0. The average Bonchev–Trinajstić information content (AvgIpc) is 3.19. The number of aromatic nitrogens is 2. The fraction of sp³-hybridized carbons (Fsp3) is 0.207. The molecule has 1 aliphatic rings. The third-order valence-corrected chi connectivity index (χ3v) is 6.22. The number of nitrogens with zero attached hydrogens (tertiary/aromatic N) is 3. The van der Waals surface area contributed by atoms with Crippen LogP contribution in [-0.4, -0.2) is 27.3 Å². The molecule has 34 heavy (non-hydrogen) atoms. The van der Waals surface area contributed by atoms with Gasteiger partial charge in [0.25, 0.3) is 0 Å². The van der Waals surface area contributed by atoms with E-state index in [0.29, 0.717) is 6.54 Å². The minimum atomic E-state index is -0.0656. The Kier molecular flexibility index (Phi) is 6.09. The van der Waals surface area contributed by atoms with Gasteiger partial charge in [0.05, 0.1) is 6.04 Å². The third kappa shape index (κ3) is 4.69. The number of anilines is 1. The van der Waals surface area contributed by atoms with Gasteiger partial charge < -0.3 is 10.2 Å². The lowest BCUT2D eigenvalue weighted by Crippen LogP contribution is -2.28. The van der Waals surface area contributed by atoms with Crippen LogP contribution in [-0.2, 0) is 17.8 Å². The first-order valence-electron chi connectivity index (χ1n) is 11.7. The maximum Gasteiger partial charge on any atom is 0.247 e. The predicted molar refractivity (Wildman–Crippen MR) is 137 cm³/mol. The summed E-state index contributed by atoms with van der Waals surface area (Å²) in [5, 5.41) is 5.83. The van der Waals surface area contributed by atoms with Crippen LogP contribution < -0.4 is 5.32 Å². The zero-order valence-corrected chi connectivity index (χ0v) is 19.5. The van der Waals surface area contributed by atoms with Crippen LogP contribution in [0, 0.1) is 13.8 Å². The molecule has 5 nitrogen and oxygen atoms in total. The first-order valence-corrected chi connectivity index (χ1v) is 11.7. The summed E-state index contributed by atoms with van der Waals surface area (Å²) in [6.45, 7) is 5.33. The highest BCUT2D eigenvalue weighted by atomic mass is 16.2. The lowest BCUT2D eigenvalue weighted by Gasteiger charge is -2.26. The molecule has 3 aromatic carbocycles. The summed E-state index contributed by atoms with van der Waals surface area (Å²) < 4.78 is 0. The molecule has 0 saturated heterocycles. The number of rotatable bonds is 7. The highest BCUT2D eigenvalue weighted by Gasteiger charge is 2.27. The molecule has 5 heteroatoms. The van der Waals surface area contributed by atoms with E-state index in [2.05, 4.69) is 69.9 Å². The molecular weight excluding hydrogens is 420 g/mol. The number of carbonyl (C=O) groups excluding carboxylic acids is 1. The molecule has 0 spiro atoms. The van der Waals surface area contributed by atoms with Crippen molar-refractivity contribution in [1.82, 2.24) is 14.9 Å². The van der Waals surface area contributed by atoms with E-state index in [4.69, 9.17) is 0 Å². The van der Waals surface area contributed by atoms with Gasteiger partial charge >= 0.3 is 0 Å². The second-order valence-corrected chi connectivity index (χ2v) is 8.77. The number of aryl methyl sites for hydroxylation is 2. The summed E-state index contributed by atoms with van der Waals surface area (Å²) >= 11 is 0. The van der Waals surface area contributed by atoms with Crippen LogP contribution in [0.3, 0.4) is 0 Å². The van der Waals surface area contributed by atoms with E-state index in [0.717, 1.165) is 47.0 Å². The highest BCUT2D eigenvalue weighted by Crippen LogP contribution is 2.31. The Hall–Kier alpha value is -3.99. The van der Waals surface area contributed by atoms with Crippen LogP contribution in [0.25, 0.3) is 10.8 Å². The molecule has 1 atom stereocenters. The molecule has 5 rings (SSSR count). The fourth-order valence-electron chi connectivity index (χ4n) is 4.62. The summed E-state index contributed by atoms with van der Waals surface area (Å²) in [4.78, 5) is 23.6. The molecule has 0 saturated carbocycles. The van der Waals surface area contributed by atoms with Crippen LogP contribution in [0.2, 0.25) is 0 Å². The Bertz CT molecular complexity index is 1330. The smallest absolute Gasteiger partial charge is 0.247 e. The van der Waals surface area contributed by atoms with Crippen LogP contribution >= 0.6 is 0 Å². The molecule has 0 bridgehead atoms. The van der Waals surface area contributed by atoms with Gasteiger partial charge in [0, 0.05) is 42.7 Å². The quantitative estimate of drug-likeness (QED) is 0.403. The molecule has 0 aliphatic carbocycles. The molecular formula is C29H28N4O. The van der Waals surface area contributed by atoms with E-state index in [1.54, 1.807) is 6.08 Å². The fourth-order valence-corrected chi connectivity index (χ4v) is 4.62. The van der Waals surface area contributed by atoms with E-state index < -0.39 is 0 Å². The number of benzene rings is 3. The van der Waals surface area contributed by atoms with E-state index in [-0.39, 0.29) is 11.9 Å². The zero-order valence-electron chi connectivity index (χ0n) is 19.5. The molecule has 4 aromatic rings. The molecule has 1 amide bonds. The lowest BCUT2D eigenvalue weighted by atomic mass is 10.0. The van der Waals surface area contributed by atoms with Crippen LogP contribution in [0.4, 0.5) is 5.69 Å². The van der Waals surface area contributed by atoms with Crippen LogP contribution in [0.5, 0.6) is 0 Å². The van der Waals surface area contributed by atoms with Gasteiger partial charge in [-0.2, -0.15) is 0 Å². The van der Waals surface area contributed by atoms with Crippen molar-refractivity contribution in [2.75, 3.05) is 11.9 Å². The number of carbonyl (C=O) groups is 1. The number of hydrogen-bond donors (Lipinski definition) is 1. The Morgan fingerprint density at radius 3 is 2.44 bits per heavy atom. The molecule has 0 radical (unpaired) electrons. The van der Waals surface area contributed by atoms with Crippen LogP contribution in [0.1, 0.15) is 34.4 Å². The SMILES string of the molecule is Cc1cc(C)nc(CCNc2ccc(C3C=CC(=O)N3Cc3cccc4ccccc34)cc2)n1. The maximum absolute atomic E-state index is 12.7. The zero-order chi connectivity index (χ0) is 23.5. The normalized spacial score (nSPS) is 15.3. The van der Waals surface area contributed by atoms with Gasteiger partial charge in [-0.1, -0.05) is 60.7 Å². The van der Waals surface area contributed by atoms with Crippen molar-refractivity contribution >= 4 is 22.4 Å². The highest BCUT2D eigenvalue weighted by molar-refractivity contribution is 5.92. The Balaban J connectivity index is 1.26. The van der Waals surface area contributed by atoms with Gasteiger partial charge in [0.1, 0.15) is 5.82 Å². The molecule has 1 N–H and O–H groups in total. The summed E-state index contributed by atoms with van der Waals surface area (Å²) in [5.74, 6) is 0.911. The topological polar surface area (TPSA) is 58.1 Å². The first kappa shape index (κ1) is 21.8. The van der Waals surface area contributed by atoms with E-state index in [1.165, 1.54) is 10.8 Å². The standard InChI is InChI=1S/C29H28N4O/c1-20-18-21(2)32-28(31-20)16-17-30-25-12-10-23(11-13-25)27-14-15-29(34)33(27)19-24-8-5-7-22-6-3-4-9-26(22)24/h3-15,18,27,30H,16-17,19H2,1-2H3. The second-order valence-electron chi connectivity index (χ2n) is 8.77. The average molecular weight is 449 g/mol. The van der Waals surface area contributed by atoms with Gasteiger partial charge in [-0.25, -0.2) is 9.97 Å². The first-order chi connectivity index (χ1) is 16.6. The van der Waals surface area contributed by atoms with Crippen molar-refractivity contribution in [3.05, 3.63) is 113 Å². The minimum Gasteiger partial charge on any atom is -0.385 e. The van der Waals surface area contributed by atoms with Crippen molar-refractivity contribution in [1.29, 1.82) is 0 Å². The molecule has 170 valence electrons. The van der Waals surface area contributed by atoms with Gasteiger partial charge in [0.2, 0.25) is 5.91 Å². The molecule has 1 aromatic heterocycles. The number of hydrogen-bond acceptors (Lipinski definition) is 4. The van der Waals surface area contributed by atoms with Crippen molar-refractivity contribution in [2.45, 2.75) is 32.9 Å². The Morgan fingerprint density at radius 2 is 1.65 bits per heavy atom. The van der Waals surface area contributed by atoms with Gasteiger partial charge in [-0.05, 0) is 53.9 Å². The summed E-state index contributed by atoms with van der Waals surface area (Å²) in [6, 6.07) is 24.9. The van der Waals surface area contributed by atoms with E-state index >= 15 is 0 Å². The summed E-state index contributed by atoms with van der Waals surface area (Å²) in [6.07, 6.45) is 4.45. The number of amides is 1. The van der Waals surface area contributed by atoms with Crippen molar-refractivity contribution in [3.8, 4) is 0 Å². The Labute approximate surface area is 200 Å². The monoisotopic (exact) mass is 448 g/mol. The maximum atomic E-state index is 12.7. The van der Waals surface area contributed by atoms with E-state index in [9.17, 15) is 4.79 Å². The molecule has 1 aliphatic heterocycles. The Morgan fingerprint density at radius 1 is 0.912 bits per heavy atom. The third-order valence-electron chi connectivity index (χ3n) is 6.22. The van der Waals surface area contributed by atoms with Gasteiger partial charge in [0.15, 0.2) is 0 Å². The van der Waals surface area contributed by atoms with Crippen molar-refractivity contribution in [3.63, 3.8) is 0 Å². The van der Waals surface area contributed by atoms with Gasteiger partial charge in [-0.3, -0.25) is 4.79 Å². The second kappa shape index (κ2) is 9.48. The number of fused-ring (bicyclic) bond motifs is 1. The van der Waals surface area contributed by atoms with E-state index in [1.807, 2.05) is 43.0 Å². The largest absolute Gasteiger partial charge is 0.385 e. The van der Waals surface area contributed by atoms with Crippen molar-refractivity contribution < 1.29 is 4.79 Å². The summed E-state index contributed by atoms with van der Waals surface area (Å²) in [5.41, 5.74) is 5.30. The van der Waals surface area contributed by atoms with Gasteiger partial charge in [-0.15, -0.1) is 0 Å². The molecule has 1 unspecified atom stereocenters. The lowest BCUT2D eigenvalue weighted by molar-refractivity contribution is -0.126. The predicted octanol–water partition coefficient (Wildman–Crippen LogP) is 5.54. The van der Waals surface area contributed by atoms with Crippen LogP contribution in [0.15, 0.2) is 84.9 Å². The minimum absolute atomic E-state index is 0.0496. The number of nitrogens with one attached hydrogen (secondary N) is 1. The van der Waals surface area contributed by atoms with Crippen molar-refractivity contribution in [2.24, 2.45) is 0 Å². The molecule has 2 heterocycles. The molecule has 0 fully saturated rings.